The Balaban J connectivity index is 1.40. The molecule has 1 amide bonds. The number of nitriles is 1. The lowest BCUT2D eigenvalue weighted by atomic mass is 9.89. The Bertz CT molecular complexity index is 1100. The highest BCUT2D eigenvalue weighted by Gasteiger charge is 2.24. The third-order valence-electron chi connectivity index (χ3n) is 4.71. The molecule has 9 heteroatoms. The van der Waals surface area contributed by atoms with Crippen molar-refractivity contribution in [2.75, 3.05) is 11.1 Å². The Kier molecular flexibility index (Phi) is 5.65. The zero-order chi connectivity index (χ0) is 20.4. The van der Waals surface area contributed by atoms with E-state index in [9.17, 15) is 14.4 Å². The summed E-state index contributed by atoms with van der Waals surface area (Å²) in [6, 6.07) is 8.35. The van der Waals surface area contributed by atoms with Crippen LogP contribution in [0, 0.1) is 23.1 Å². The summed E-state index contributed by atoms with van der Waals surface area (Å²) in [6.45, 7) is 2.20. The molecule has 1 aliphatic carbocycles. The molecule has 3 aromatic rings. The van der Waals surface area contributed by atoms with Gasteiger partial charge in [0.15, 0.2) is 0 Å². The van der Waals surface area contributed by atoms with Gasteiger partial charge in [-0.1, -0.05) is 30.8 Å². The largest absolute Gasteiger partial charge is 0.411 e. The second kappa shape index (κ2) is 8.35. The molecule has 1 N–H and O–H groups in total. The second-order valence-corrected chi connectivity index (χ2v) is 8.89. The molecular weight excluding hydrogens is 411 g/mol. The van der Waals surface area contributed by atoms with Gasteiger partial charge in [-0.15, -0.1) is 21.5 Å². The first kappa shape index (κ1) is 19.6. The van der Waals surface area contributed by atoms with Crippen LogP contribution in [0.25, 0.3) is 11.5 Å². The van der Waals surface area contributed by atoms with Crippen LogP contribution in [0.2, 0.25) is 0 Å². The van der Waals surface area contributed by atoms with Crippen LogP contribution in [-0.2, 0) is 17.6 Å². The van der Waals surface area contributed by atoms with Crippen molar-refractivity contribution in [1.29, 1.82) is 5.26 Å². The molecule has 0 aliphatic heterocycles. The summed E-state index contributed by atoms with van der Waals surface area (Å²) < 4.78 is 19.3. The summed E-state index contributed by atoms with van der Waals surface area (Å²) in [7, 11) is 0. The topological polar surface area (TPSA) is 91.8 Å². The molecule has 0 spiro atoms. The van der Waals surface area contributed by atoms with E-state index in [2.05, 4.69) is 28.5 Å². The molecule has 0 unspecified atom stereocenters. The number of rotatable bonds is 5. The highest BCUT2D eigenvalue weighted by Crippen LogP contribution is 2.39. The minimum absolute atomic E-state index is 0.0444. The SMILES string of the molecule is C[C@H]1CCc2c(sc(NC(=O)CSc3nnc(-c4ccccc4F)o3)c2C#N)C1. The summed E-state index contributed by atoms with van der Waals surface area (Å²) in [5.74, 6) is -0.0111. The average Bonchev–Trinajstić information content (AvgIpc) is 3.30. The summed E-state index contributed by atoms with van der Waals surface area (Å²) >= 11 is 2.55. The van der Waals surface area contributed by atoms with Gasteiger partial charge in [-0.2, -0.15) is 5.26 Å². The van der Waals surface area contributed by atoms with E-state index < -0.39 is 5.82 Å². The maximum Gasteiger partial charge on any atom is 0.277 e. The van der Waals surface area contributed by atoms with Crippen molar-refractivity contribution >= 4 is 34.0 Å². The Hall–Kier alpha value is -2.70. The maximum atomic E-state index is 13.8. The molecule has 0 saturated carbocycles. The number of fused-ring (bicyclic) bond motifs is 1. The number of nitrogens with one attached hydrogen (secondary N) is 1. The molecule has 0 saturated heterocycles. The minimum atomic E-state index is -0.453. The minimum Gasteiger partial charge on any atom is -0.411 e. The molecule has 148 valence electrons. The second-order valence-electron chi connectivity index (χ2n) is 6.86. The van der Waals surface area contributed by atoms with Gasteiger partial charge >= 0.3 is 0 Å². The van der Waals surface area contributed by atoms with Crippen LogP contribution in [0.3, 0.4) is 0 Å². The van der Waals surface area contributed by atoms with Crippen molar-refractivity contribution in [3.05, 3.63) is 46.1 Å². The molecule has 0 bridgehead atoms. The van der Waals surface area contributed by atoms with Gasteiger partial charge in [0.1, 0.15) is 16.9 Å². The summed E-state index contributed by atoms with van der Waals surface area (Å²) in [4.78, 5) is 13.6. The van der Waals surface area contributed by atoms with Crippen molar-refractivity contribution in [2.24, 2.45) is 5.92 Å². The number of hydrogen-bond acceptors (Lipinski definition) is 7. The number of thioether (sulfide) groups is 1. The van der Waals surface area contributed by atoms with Crippen molar-refractivity contribution < 1.29 is 13.6 Å². The van der Waals surface area contributed by atoms with Gasteiger partial charge in [-0.25, -0.2) is 4.39 Å². The zero-order valence-corrected chi connectivity index (χ0v) is 17.2. The third-order valence-corrected chi connectivity index (χ3v) is 6.70. The first-order valence-electron chi connectivity index (χ1n) is 9.11. The van der Waals surface area contributed by atoms with E-state index in [-0.39, 0.29) is 28.3 Å². The Morgan fingerprint density at radius 1 is 1.45 bits per heavy atom. The molecule has 1 aromatic carbocycles. The van der Waals surface area contributed by atoms with Gasteiger partial charge in [0.2, 0.25) is 5.91 Å². The monoisotopic (exact) mass is 428 g/mol. The van der Waals surface area contributed by atoms with E-state index in [0.717, 1.165) is 36.6 Å². The number of anilines is 1. The summed E-state index contributed by atoms with van der Waals surface area (Å²) in [6.07, 6.45) is 2.88. The van der Waals surface area contributed by atoms with E-state index in [4.69, 9.17) is 4.42 Å². The molecular formula is C20H17FN4O2S2. The van der Waals surface area contributed by atoms with Crippen molar-refractivity contribution in [2.45, 2.75) is 31.4 Å². The van der Waals surface area contributed by atoms with Gasteiger partial charge in [0, 0.05) is 4.88 Å². The predicted octanol–water partition coefficient (Wildman–Crippen LogP) is 4.66. The van der Waals surface area contributed by atoms with Gasteiger partial charge in [-0.05, 0) is 42.9 Å². The van der Waals surface area contributed by atoms with E-state index in [1.165, 1.54) is 22.3 Å². The lowest BCUT2D eigenvalue weighted by Crippen LogP contribution is -2.14. The summed E-state index contributed by atoms with van der Waals surface area (Å²) in [5.41, 5.74) is 1.87. The van der Waals surface area contributed by atoms with E-state index in [1.807, 2.05) is 0 Å². The average molecular weight is 429 g/mol. The molecule has 1 aliphatic rings. The van der Waals surface area contributed by atoms with Crippen LogP contribution >= 0.6 is 23.1 Å². The van der Waals surface area contributed by atoms with Crippen molar-refractivity contribution in [3.8, 4) is 17.5 Å². The highest BCUT2D eigenvalue weighted by atomic mass is 32.2. The van der Waals surface area contributed by atoms with Gasteiger partial charge in [-0.3, -0.25) is 4.79 Å². The number of benzene rings is 1. The number of halogens is 1. The number of aromatic nitrogens is 2. The molecule has 1 atom stereocenters. The fourth-order valence-electron chi connectivity index (χ4n) is 3.26. The van der Waals surface area contributed by atoms with Crippen molar-refractivity contribution in [1.82, 2.24) is 10.2 Å². The fourth-order valence-corrected chi connectivity index (χ4v) is 5.20. The first-order chi connectivity index (χ1) is 14.0. The maximum absolute atomic E-state index is 13.8. The van der Waals surface area contributed by atoms with Gasteiger partial charge in [0.25, 0.3) is 11.1 Å². The van der Waals surface area contributed by atoms with E-state index in [1.54, 1.807) is 18.2 Å². The number of thiophene rings is 1. The molecule has 2 heterocycles. The van der Waals surface area contributed by atoms with Crippen LogP contribution in [0.1, 0.15) is 29.3 Å². The molecule has 29 heavy (non-hydrogen) atoms. The van der Waals surface area contributed by atoms with Gasteiger partial charge < -0.3 is 9.73 Å². The lowest BCUT2D eigenvalue weighted by Gasteiger charge is -2.17. The van der Waals surface area contributed by atoms with Gasteiger partial charge in [0.05, 0.1) is 16.9 Å². The smallest absolute Gasteiger partial charge is 0.277 e. The number of carbonyl (C=O) groups excluding carboxylic acids is 1. The third kappa shape index (κ3) is 4.18. The van der Waals surface area contributed by atoms with E-state index >= 15 is 0 Å². The van der Waals surface area contributed by atoms with Crippen LogP contribution in [0.15, 0.2) is 33.9 Å². The highest BCUT2D eigenvalue weighted by molar-refractivity contribution is 7.99. The van der Waals surface area contributed by atoms with Crippen LogP contribution in [0.4, 0.5) is 9.39 Å². The lowest BCUT2D eigenvalue weighted by molar-refractivity contribution is -0.113. The Morgan fingerprint density at radius 2 is 2.28 bits per heavy atom. The quantitative estimate of drug-likeness (QED) is 0.594. The number of carbonyl (C=O) groups is 1. The number of nitrogens with zero attached hydrogens (tertiary/aromatic N) is 3. The predicted molar refractivity (Wildman–Crippen MR) is 109 cm³/mol. The molecule has 0 radical (unpaired) electrons. The number of hydrogen-bond donors (Lipinski definition) is 1. The molecule has 6 nitrogen and oxygen atoms in total. The first-order valence-corrected chi connectivity index (χ1v) is 10.9. The molecule has 4 rings (SSSR count). The van der Waals surface area contributed by atoms with Crippen LogP contribution < -0.4 is 5.32 Å². The zero-order valence-electron chi connectivity index (χ0n) is 15.6. The van der Waals surface area contributed by atoms with Crippen molar-refractivity contribution in [3.63, 3.8) is 0 Å². The standard InChI is InChI=1S/C20H17FN4O2S2/c1-11-6-7-12-14(9-22)19(29-16(12)8-11)23-17(26)10-28-20-25-24-18(27-20)13-4-2-3-5-15(13)21/h2-5,11H,6-8,10H2,1H3,(H,23,26)/t11-/m0/s1. The van der Waals surface area contributed by atoms with Crippen LogP contribution in [0.5, 0.6) is 0 Å². The summed E-state index contributed by atoms with van der Waals surface area (Å²) in [5, 5.41) is 20.8. The fraction of sp³-hybridized carbons (Fsp3) is 0.300. The normalized spacial score (nSPS) is 15.6. The molecule has 0 fully saturated rings. The Labute approximate surface area is 175 Å². The Morgan fingerprint density at radius 3 is 3.07 bits per heavy atom. The van der Waals surface area contributed by atoms with Crippen LogP contribution in [-0.4, -0.2) is 21.9 Å². The number of amides is 1. The van der Waals surface area contributed by atoms with E-state index in [0.29, 0.717) is 16.5 Å². The molecule has 2 aromatic heterocycles.